The van der Waals surface area contributed by atoms with E-state index in [9.17, 15) is 0 Å². The topological polar surface area (TPSA) is 8.81 Å². The molecule has 0 saturated heterocycles. The van der Waals surface area contributed by atoms with Crippen LogP contribution in [0, 0.1) is 0 Å². The van der Waals surface area contributed by atoms with Gasteiger partial charge in [-0.1, -0.05) is 26.7 Å². The van der Waals surface area contributed by atoms with Gasteiger partial charge in [-0.2, -0.15) is 0 Å². The fourth-order valence-corrected chi connectivity index (χ4v) is 2.01. The van der Waals surface area contributed by atoms with Crippen molar-refractivity contribution in [2.75, 3.05) is 0 Å². The second kappa shape index (κ2) is 8.63. The number of imidazole rings is 1. The first kappa shape index (κ1) is 15.5. The Hall–Kier alpha value is -0.500. The van der Waals surface area contributed by atoms with Gasteiger partial charge in [0.25, 0.3) is 0 Å². The van der Waals surface area contributed by atoms with Gasteiger partial charge in [0.1, 0.15) is 18.4 Å². The lowest BCUT2D eigenvalue weighted by molar-refractivity contribution is -0.693. The summed E-state index contributed by atoms with van der Waals surface area (Å²) in [5, 5.41) is 0. The largest absolute Gasteiger partial charge is 1.00 e. The number of aryl methyl sites for hydroxylation is 1. The summed E-state index contributed by atoms with van der Waals surface area (Å²) >= 11 is 0. The van der Waals surface area contributed by atoms with E-state index in [1.165, 1.54) is 32.1 Å². The summed E-state index contributed by atoms with van der Waals surface area (Å²) in [6.45, 7) is 7.80. The molecule has 3 heteroatoms. The molecule has 0 spiro atoms. The van der Waals surface area contributed by atoms with E-state index < -0.39 is 0 Å². The number of aromatic nitrogens is 2. The Kier molecular flexibility index (Phi) is 8.36. The molecule has 94 valence electrons. The molecule has 0 radical (unpaired) electrons. The van der Waals surface area contributed by atoms with Crippen molar-refractivity contribution in [1.82, 2.24) is 4.57 Å². The minimum absolute atomic E-state index is 0. The first-order valence-corrected chi connectivity index (χ1v) is 6.38. The highest BCUT2D eigenvalue weighted by Gasteiger charge is 2.13. The van der Waals surface area contributed by atoms with E-state index in [-0.39, 0.29) is 12.4 Å². The smallest absolute Gasteiger partial charge is 0.243 e. The summed E-state index contributed by atoms with van der Waals surface area (Å²) in [6.07, 6.45) is 13.2. The van der Waals surface area contributed by atoms with Crippen LogP contribution in [0.2, 0.25) is 0 Å². The lowest BCUT2D eigenvalue weighted by atomic mass is 10.1. The normalized spacial score (nSPS) is 12.2. The molecule has 1 unspecified atom stereocenters. The van der Waals surface area contributed by atoms with Gasteiger partial charge in [0.15, 0.2) is 0 Å². The van der Waals surface area contributed by atoms with Crippen LogP contribution in [0.25, 0.3) is 0 Å². The van der Waals surface area contributed by atoms with Crippen LogP contribution in [0.3, 0.4) is 0 Å². The molecule has 16 heavy (non-hydrogen) atoms. The van der Waals surface area contributed by atoms with Crippen LogP contribution in [-0.2, 0) is 6.54 Å². The van der Waals surface area contributed by atoms with E-state index in [0.717, 1.165) is 6.54 Å². The molecule has 0 amide bonds. The molecule has 0 aliphatic heterocycles. The summed E-state index contributed by atoms with van der Waals surface area (Å²) in [7, 11) is 0. The van der Waals surface area contributed by atoms with E-state index in [2.05, 4.69) is 48.6 Å². The molecule has 0 fully saturated rings. The maximum atomic E-state index is 2.37. The standard InChI is InChI=1S/C13H25N2.ClH/c1-4-7-8-9-13(5-2)15-11-10-14(6-3)12-15;/h10-13H,4-9H2,1-3H3;1H/q+1;/p-1. The number of rotatable bonds is 7. The van der Waals surface area contributed by atoms with Crippen LogP contribution in [0.4, 0.5) is 0 Å². The minimum Gasteiger partial charge on any atom is -1.00 e. The SMILES string of the molecule is CCCCCC(CC)n1cc[n+](CC)c1.[Cl-]. The molecule has 0 N–H and O–H groups in total. The van der Waals surface area contributed by atoms with E-state index in [0.29, 0.717) is 6.04 Å². The second-order valence-electron chi connectivity index (χ2n) is 4.25. The molecule has 0 aliphatic carbocycles. The Balaban J connectivity index is 0.00000225. The lowest BCUT2D eigenvalue weighted by Crippen LogP contribution is -3.00. The highest BCUT2D eigenvalue weighted by molar-refractivity contribution is 4.74. The molecule has 0 saturated carbocycles. The van der Waals surface area contributed by atoms with Gasteiger partial charge in [0, 0.05) is 0 Å². The van der Waals surface area contributed by atoms with Crippen molar-refractivity contribution in [1.29, 1.82) is 0 Å². The number of nitrogens with zero attached hydrogens (tertiary/aromatic N) is 2. The lowest BCUT2D eigenvalue weighted by Gasteiger charge is -2.10. The third-order valence-electron chi connectivity index (χ3n) is 3.11. The fourth-order valence-electron chi connectivity index (χ4n) is 2.01. The number of halogens is 1. The molecule has 0 aliphatic rings. The molecule has 0 aromatic carbocycles. The van der Waals surface area contributed by atoms with E-state index in [1.54, 1.807) is 0 Å². The summed E-state index contributed by atoms with van der Waals surface area (Å²) < 4.78 is 4.61. The average molecular weight is 245 g/mol. The highest BCUT2D eigenvalue weighted by atomic mass is 35.5. The van der Waals surface area contributed by atoms with Crippen LogP contribution < -0.4 is 17.0 Å². The van der Waals surface area contributed by atoms with E-state index >= 15 is 0 Å². The quantitative estimate of drug-likeness (QED) is 0.483. The zero-order valence-corrected chi connectivity index (χ0v) is 11.6. The zero-order valence-electron chi connectivity index (χ0n) is 10.8. The van der Waals surface area contributed by atoms with Gasteiger partial charge >= 0.3 is 0 Å². The van der Waals surface area contributed by atoms with Crippen molar-refractivity contribution in [3.8, 4) is 0 Å². The van der Waals surface area contributed by atoms with Gasteiger partial charge in [-0.05, 0) is 26.2 Å². The van der Waals surface area contributed by atoms with Crippen molar-refractivity contribution in [2.45, 2.75) is 65.5 Å². The molecule has 1 aromatic heterocycles. The van der Waals surface area contributed by atoms with Crippen LogP contribution in [0.1, 0.15) is 58.9 Å². The molecule has 1 aromatic rings. The zero-order chi connectivity index (χ0) is 11.1. The van der Waals surface area contributed by atoms with Crippen LogP contribution >= 0.6 is 0 Å². The number of hydrogen-bond donors (Lipinski definition) is 0. The van der Waals surface area contributed by atoms with E-state index in [4.69, 9.17) is 0 Å². The molecule has 1 atom stereocenters. The minimum atomic E-state index is 0. The van der Waals surface area contributed by atoms with E-state index in [1.807, 2.05) is 0 Å². The third kappa shape index (κ3) is 4.56. The molecule has 0 bridgehead atoms. The number of hydrogen-bond acceptors (Lipinski definition) is 0. The first-order valence-electron chi connectivity index (χ1n) is 6.38. The summed E-state index contributed by atoms with van der Waals surface area (Å²) in [5.41, 5.74) is 0. The van der Waals surface area contributed by atoms with Crippen LogP contribution in [0.5, 0.6) is 0 Å². The van der Waals surface area contributed by atoms with Gasteiger partial charge in [-0.15, -0.1) is 0 Å². The Labute approximate surface area is 106 Å². The first-order chi connectivity index (χ1) is 7.31. The Bertz CT molecular complexity index is 271. The Morgan fingerprint density at radius 2 is 1.94 bits per heavy atom. The van der Waals surface area contributed by atoms with Crippen molar-refractivity contribution in [3.05, 3.63) is 18.7 Å². The third-order valence-corrected chi connectivity index (χ3v) is 3.11. The monoisotopic (exact) mass is 244 g/mol. The Morgan fingerprint density at radius 1 is 1.19 bits per heavy atom. The van der Waals surface area contributed by atoms with Crippen molar-refractivity contribution >= 4 is 0 Å². The predicted molar refractivity (Wildman–Crippen MR) is 63.8 cm³/mol. The number of unbranched alkanes of at least 4 members (excludes halogenated alkanes) is 2. The summed E-state index contributed by atoms with van der Waals surface area (Å²) in [4.78, 5) is 0. The van der Waals surface area contributed by atoms with Gasteiger partial charge in [-0.3, -0.25) is 0 Å². The van der Waals surface area contributed by atoms with Gasteiger partial charge in [0.2, 0.25) is 6.33 Å². The summed E-state index contributed by atoms with van der Waals surface area (Å²) in [5.74, 6) is 0. The fraction of sp³-hybridized carbons (Fsp3) is 0.769. The maximum absolute atomic E-state index is 2.37. The van der Waals surface area contributed by atoms with Gasteiger partial charge in [-0.25, -0.2) is 9.13 Å². The van der Waals surface area contributed by atoms with Crippen LogP contribution in [0.15, 0.2) is 18.7 Å². The van der Waals surface area contributed by atoms with Crippen molar-refractivity contribution < 1.29 is 17.0 Å². The van der Waals surface area contributed by atoms with Gasteiger partial charge in [0.05, 0.1) is 6.54 Å². The molecular formula is C13H25ClN2. The maximum Gasteiger partial charge on any atom is 0.243 e. The van der Waals surface area contributed by atoms with Crippen molar-refractivity contribution in [3.63, 3.8) is 0 Å². The molecule has 1 heterocycles. The molecule has 1 rings (SSSR count). The highest BCUT2D eigenvalue weighted by Crippen LogP contribution is 2.18. The average Bonchev–Trinajstić information content (AvgIpc) is 2.73. The predicted octanol–water partition coefficient (Wildman–Crippen LogP) is 0.331. The van der Waals surface area contributed by atoms with Gasteiger partial charge < -0.3 is 12.4 Å². The van der Waals surface area contributed by atoms with Crippen molar-refractivity contribution in [2.24, 2.45) is 0 Å². The summed E-state index contributed by atoms with van der Waals surface area (Å²) in [6, 6.07) is 0.698. The Morgan fingerprint density at radius 3 is 2.44 bits per heavy atom. The van der Waals surface area contributed by atoms with Crippen LogP contribution in [-0.4, -0.2) is 4.57 Å². The molecule has 2 nitrogen and oxygen atoms in total. The second-order valence-corrected chi connectivity index (χ2v) is 4.25. The molecular weight excluding hydrogens is 220 g/mol.